The van der Waals surface area contributed by atoms with Crippen LogP contribution in [0.3, 0.4) is 0 Å². The molecule has 1 aromatic rings. The van der Waals surface area contributed by atoms with E-state index in [-0.39, 0.29) is 6.10 Å². The first-order valence-electron chi connectivity index (χ1n) is 6.51. The molecule has 2 aliphatic heterocycles. The van der Waals surface area contributed by atoms with Gasteiger partial charge in [0.1, 0.15) is 0 Å². The molecule has 0 amide bonds. The minimum absolute atomic E-state index is 0.105. The lowest BCUT2D eigenvalue weighted by atomic mass is 10.0. The van der Waals surface area contributed by atoms with Crippen molar-refractivity contribution in [2.75, 3.05) is 26.3 Å². The Morgan fingerprint density at radius 2 is 1.94 bits per heavy atom. The van der Waals surface area contributed by atoms with Crippen molar-refractivity contribution in [2.45, 2.75) is 25.5 Å². The molecular weight excluding hydrogens is 212 g/mol. The summed E-state index contributed by atoms with van der Waals surface area (Å²) in [6.45, 7) is 5.09. The molecular formula is C14H20N2O. The van der Waals surface area contributed by atoms with Crippen LogP contribution in [0.5, 0.6) is 0 Å². The molecule has 92 valence electrons. The first kappa shape index (κ1) is 11.2. The van der Waals surface area contributed by atoms with Crippen molar-refractivity contribution in [1.82, 2.24) is 9.80 Å². The highest BCUT2D eigenvalue weighted by Crippen LogP contribution is 2.19. The highest BCUT2D eigenvalue weighted by molar-refractivity contribution is 5.28. The van der Waals surface area contributed by atoms with E-state index in [0.717, 1.165) is 45.7 Å². The normalized spacial score (nSPS) is 26.1. The molecule has 0 spiro atoms. The van der Waals surface area contributed by atoms with Crippen molar-refractivity contribution in [1.29, 1.82) is 0 Å². The number of likely N-dealkylation sites (tertiary alicyclic amines) is 1. The van der Waals surface area contributed by atoms with Gasteiger partial charge in [0.25, 0.3) is 0 Å². The zero-order chi connectivity index (χ0) is 11.7. The molecule has 17 heavy (non-hydrogen) atoms. The van der Waals surface area contributed by atoms with Gasteiger partial charge in [0.15, 0.2) is 0 Å². The summed E-state index contributed by atoms with van der Waals surface area (Å²) in [5.74, 6) is 0. The molecule has 1 unspecified atom stereocenters. The minimum Gasteiger partial charge on any atom is -0.392 e. The van der Waals surface area contributed by atoms with E-state index in [1.807, 2.05) is 0 Å². The standard InChI is InChI=1S/C14H20N2O/c17-14-6-8-16(10-14)11-15-7-5-12-3-1-2-4-13(12)9-15/h1-4,14,17H,5-11H2. The van der Waals surface area contributed by atoms with Crippen molar-refractivity contribution < 1.29 is 5.11 Å². The van der Waals surface area contributed by atoms with Gasteiger partial charge in [-0.05, 0) is 24.0 Å². The number of hydrogen-bond acceptors (Lipinski definition) is 3. The zero-order valence-electron chi connectivity index (χ0n) is 10.2. The Bertz CT molecular complexity index is 394. The van der Waals surface area contributed by atoms with Gasteiger partial charge in [-0.3, -0.25) is 9.80 Å². The van der Waals surface area contributed by atoms with Crippen molar-refractivity contribution in [2.24, 2.45) is 0 Å². The van der Waals surface area contributed by atoms with Gasteiger partial charge in [-0.1, -0.05) is 24.3 Å². The lowest BCUT2D eigenvalue weighted by Crippen LogP contribution is -2.40. The molecule has 1 fully saturated rings. The number of rotatable bonds is 2. The van der Waals surface area contributed by atoms with Gasteiger partial charge in [-0.2, -0.15) is 0 Å². The number of aliphatic hydroxyl groups is 1. The van der Waals surface area contributed by atoms with E-state index in [1.54, 1.807) is 0 Å². The van der Waals surface area contributed by atoms with Gasteiger partial charge in [0.2, 0.25) is 0 Å². The number of hydrogen-bond donors (Lipinski definition) is 1. The molecule has 3 rings (SSSR count). The largest absolute Gasteiger partial charge is 0.392 e. The van der Waals surface area contributed by atoms with Crippen molar-refractivity contribution >= 4 is 0 Å². The van der Waals surface area contributed by atoms with Crippen LogP contribution >= 0.6 is 0 Å². The highest BCUT2D eigenvalue weighted by Gasteiger charge is 2.23. The minimum atomic E-state index is -0.105. The van der Waals surface area contributed by atoms with Crippen LogP contribution in [0.15, 0.2) is 24.3 Å². The maximum absolute atomic E-state index is 9.53. The van der Waals surface area contributed by atoms with Crippen LogP contribution in [-0.2, 0) is 13.0 Å². The topological polar surface area (TPSA) is 26.7 Å². The second kappa shape index (κ2) is 4.77. The summed E-state index contributed by atoms with van der Waals surface area (Å²) in [6, 6.07) is 8.74. The molecule has 2 heterocycles. The first-order chi connectivity index (χ1) is 8.31. The predicted molar refractivity (Wildman–Crippen MR) is 67.6 cm³/mol. The summed E-state index contributed by atoms with van der Waals surface area (Å²) in [7, 11) is 0. The summed E-state index contributed by atoms with van der Waals surface area (Å²) in [5.41, 5.74) is 2.98. The Balaban J connectivity index is 1.61. The number of fused-ring (bicyclic) bond motifs is 1. The van der Waals surface area contributed by atoms with Crippen LogP contribution in [0.4, 0.5) is 0 Å². The van der Waals surface area contributed by atoms with Crippen LogP contribution in [0.2, 0.25) is 0 Å². The number of β-amino-alcohol motifs (C(OH)–C–C–N with tert-alkyl or cyclic N) is 1. The third-order valence-electron chi connectivity index (χ3n) is 3.86. The fraction of sp³-hybridized carbons (Fsp3) is 0.571. The molecule has 2 aliphatic rings. The summed E-state index contributed by atoms with van der Waals surface area (Å²) in [4.78, 5) is 4.85. The molecule has 0 aliphatic carbocycles. The molecule has 1 N–H and O–H groups in total. The summed E-state index contributed by atoms with van der Waals surface area (Å²) in [5, 5.41) is 9.53. The number of aliphatic hydroxyl groups excluding tert-OH is 1. The van der Waals surface area contributed by atoms with E-state index in [9.17, 15) is 5.11 Å². The summed E-state index contributed by atoms with van der Waals surface area (Å²) < 4.78 is 0. The van der Waals surface area contributed by atoms with Crippen molar-refractivity contribution in [3.63, 3.8) is 0 Å². The average Bonchev–Trinajstić information content (AvgIpc) is 2.75. The van der Waals surface area contributed by atoms with E-state index in [0.29, 0.717) is 0 Å². The fourth-order valence-electron chi connectivity index (χ4n) is 2.90. The van der Waals surface area contributed by atoms with Crippen LogP contribution in [0, 0.1) is 0 Å². The molecule has 0 saturated carbocycles. The van der Waals surface area contributed by atoms with E-state index in [1.165, 1.54) is 11.1 Å². The van der Waals surface area contributed by atoms with Crippen molar-refractivity contribution in [3.05, 3.63) is 35.4 Å². The SMILES string of the molecule is OC1CCN(CN2CCc3ccccc3C2)C1. The molecule has 3 nitrogen and oxygen atoms in total. The van der Waals surface area contributed by atoms with Crippen LogP contribution in [0.1, 0.15) is 17.5 Å². The van der Waals surface area contributed by atoms with Gasteiger partial charge in [0.05, 0.1) is 12.8 Å². The van der Waals surface area contributed by atoms with Gasteiger partial charge < -0.3 is 5.11 Å². The second-order valence-electron chi connectivity index (χ2n) is 5.23. The average molecular weight is 232 g/mol. The Kier molecular flexibility index (Phi) is 3.14. The Hall–Kier alpha value is -0.900. The smallest absolute Gasteiger partial charge is 0.0679 e. The molecule has 1 saturated heterocycles. The fourth-order valence-corrected chi connectivity index (χ4v) is 2.90. The highest BCUT2D eigenvalue weighted by atomic mass is 16.3. The van der Waals surface area contributed by atoms with Gasteiger partial charge in [0, 0.05) is 26.2 Å². The third kappa shape index (κ3) is 2.51. The van der Waals surface area contributed by atoms with E-state index >= 15 is 0 Å². The molecule has 1 aromatic carbocycles. The van der Waals surface area contributed by atoms with Crippen LogP contribution in [0.25, 0.3) is 0 Å². The van der Waals surface area contributed by atoms with E-state index in [4.69, 9.17) is 0 Å². The summed E-state index contributed by atoms with van der Waals surface area (Å²) >= 11 is 0. The molecule has 1 atom stereocenters. The van der Waals surface area contributed by atoms with E-state index in [2.05, 4.69) is 34.1 Å². The number of benzene rings is 1. The molecule has 0 radical (unpaired) electrons. The van der Waals surface area contributed by atoms with Gasteiger partial charge in [-0.15, -0.1) is 0 Å². The molecule has 0 aromatic heterocycles. The first-order valence-corrected chi connectivity index (χ1v) is 6.51. The second-order valence-corrected chi connectivity index (χ2v) is 5.23. The zero-order valence-corrected chi connectivity index (χ0v) is 10.2. The van der Waals surface area contributed by atoms with Crippen molar-refractivity contribution in [3.8, 4) is 0 Å². The van der Waals surface area contributed by atoms with Crippen LogP contribution < -0.4 is 0 Å². The lowest BCUT2D eigenvalue weighted by Gasteiger charge is -2.32. The maximum Gasteiger partial charge on any atom is 0.0679 e. The molecule has 3 heteroatoms. The summed E-state index contributed by atoms with van der Waals surface area (Å²) in [6.07, 6.45) is 1.99. The van der Waals surface area contributed by atoms with Crippen LogP contribution in [-0.4, -0.2) is 47.3 Å². The number of nitrogens with zero attached hydrogens (tertiary/aromatic N) is 2. The predicted octanol–water partition coefficient (Wildman–Crippen LogP) is 1.07. The quantitative estimate of drug-likeness (QED) is 0.826. The lowest BCUT2D eigenvalue weighted by molar-refractivity contribution is 0.119. The third-order valence-corrected chi connectivity index (χ3v) is 3.86. The maximum atomic E-state index is 9.53. The van der Waals surface area contributed by atoms with Gasteiger partial charge in [-0.25, -0.2) is 0 Å². The monoisotopic (exact) mass is 232 g/mol. The van der Waals surface area contributed by atoms with Gasteiger partial charge >= 0.3 is 0 Å². The Morgan fingerprint density at radius 1 is 1.12 bits per heavy atom. The van der Waals surface area contributed by atoms with E-state index < -0.39 is 0 Å². The molecule has 0 bridgehead atoms. The Morgan fingerprint density at radius 3 is 2.71 bits per heavy atom. The Labute approximate surface area is 103 Å².